The average Bonchev–Trinajstić information content (AvgIpc) is 3.29. The van der Waals surface area contributed by atoms with E-state index >= 15 is 0 Å². The first-order valence-electron chi connectivity index (χ1n) is 7.48. The minimum Gasteiger partial charge on any atom is -0.397 e. The van der Waals surface area contributed by atoms with Gasteiger partial charge in [0, 0.05) is 26.7 Å². The quantitative estimate of drug-likeness (QED) is 0.815. The van der Waals surface area contributed by atoms with Crippen molar-refractivity contribution in [1.29, 1.82) is 0 Å². The van der Waals surface area contributed by atoms with Gasteiger partial charge in [0.15, 0.2) is 0 Å². The lowest BCUT2D eigenvalue weighted by molar-refractivity contribution is 0.520. The lowest BCUT2D eigenvalue weighted by Gasteiger charge is -2.27. The first-order valence-corrected chi connectivity index (χ1v) is 8.92. The van der Waals surface area contributed by atoms with Crippen molar-refractivity contribution in [2.45, 2.75) is 36.6 Å². The summed E-state index contributed by atoms with van der Waals surface area (Å²) in [6.45, 7) is 1.00. The molecule has 0 spiro atoms. The van der Waals surface area contributed by atoms with Gasteiger partial charge in [0.2, 0.25) is 10.0 Å². The maximum absolute atomic E-state index is 12.3. The van der Waals surface area contributed by atoms with Crippen molar-refractivity contribution in [2.24, 2.45) is 5.92 Å². The molecule has 2 saturated carbocycles. The van der Waals surface area contributed by atoms with Gasteiger partial charge in [0.25, 0.3) is 0 Å². The van der Waals surface area contributed by atoms with Crippen molar-refractivity contribution in [3.8, 4) is 0 Å². The molecule has 0 aromatic heterocycles. The number of rotatable bonds is 6. The number of benzene rings is 1. The van der Waals surface area contributed by atoms with Gasteiger partial charge in [-0.25, -0.2) is 12.7 Å². The molecular formula is C15H23N3O2S. The van der Waals surface area contributed by atoms with Gasteiger partial charge in [-0.15, -0.1) is 0 Å². The summed E-state index contributed by atoms with van der Waals surface area (Å²) in [5, 5.41) is 0. The fourth-order valence-electron chi connectivity index (χ4n) is 2.55. The number of sulfonamides is 1. The zero-order valence-electron chi connectivity index (χ0n) is 12.6. The molecule has 0 radical (unpaired) electrons. The zero-order chi connectivity index (χ0) is 15.2. The molecule has 2 aliphatic rings. The van der Waals surface area contributed by atoms with Gasteiger partial charge in [-0.1, -0.05) is 0 Å². The Labute approximate surface area is 126 Å². The molecule has 0 heterocycles. The molecule has 0 atom stereocenters. The van der Waals surface area contributed by atoms with Crippen molar-refractivity contribution in [2.75, 3.05) is 31.3 Å². The second-order valence-electron chi connectivity index (χ2n) is 6.33. The smallest absolute Gasteiger partial charge is 0.242 e. The summed E-state index contributed by atoms with van der Waals surface area (Å²) in [6, 6.07) is 5.58. The highest BCUT2D eigenvalue weighted by Crippen LogP contribution is 2.40. The second-order valence-corrected chi connectivity index (χ2v) is 8.49. The molecule has 2 N–H and O–H groups in total. The Balaban J connectivity index is 1.96. The summed E-state index contributed by atoms with van der Waals surface area (Å²) in [4.78, 5) is 2.64. The highest BCUT2D eigenvalue weighted by atomic mass is 32.2. The standard InChI is InChI=1S/C15H23N3O2S/c1-17(2)21(19,20)13-7-8-14(16)15(9-13)18(12-5-6-12)10-11-3-4-11/h7-9,11-12H,3-6,10,16H2,1-2H3. The predicted molar refractivity (Wildman–Crippen MR) is 84.8 cm³/mol. The van der Waals surface area contributed by atoms with E-state index in [-0.39, 0.29) is 0 Å². The molecular weight excluding hydrogens is 286 g/mol. The Hall–Kier alpha value is -1.27. The second kappa shape index (κ2) is 5.18. The summed E-state index contributed by atoms with van der Waals surface area (Å²) in [5.74, 6) is 0.749. The van der Waals surface area contributed by atoms with Crippen LogP contribution in [0.4, 0.5) is 11.4 Å². The predicted octanol–water partition coefficient (Wildman–Crippen LogP) is 1.90. The number of hydrogen-bond acceptors (Lipinski definition) is 4. The Morgan fingerprint density at radius 1 is 1.19 bits per heavy atom. The van der Waals surface area contributed by atoms with Crippen molar-refractivity contribution in [3.63, 3.8) is 0 Å². The van der Waals surface area contributed by atoms with Crippen LogP contribution in [-0.4, -0.2) is 39.4 Å². The van der Waals surface area contributed by atoms with Gasteiger partial charge < -0.3 is 10.6 Å². The third-order valence-electron chi connectivity index (χ3n) is 4.23. The molecule has 2 aliphatic carbocycles. The number of anilines is 2. The summed E-state index contributed by atoms with van der Waals surface area (Å²) in [6.07, 6.45) is 4.91. The van der Waals surface area contributed by atoms with E-state index in [9.17, 15) is 8.42 Å². The topological polar surface area (TPSA) is 66.6 Å². The number of nitrogen functional groups attached to an aromatic ring is 1. The molecule has 3 rings (SSSR count). The maximum Gasteiger partial charge on any atom is 0.242 e. The van der Waals surface area contributed by atoms with E-state index in [1.807, 2.05) is 0 Å². The van der Waals surface area contributed by atoms with Gasteiger partial charge in [-0.3, -0.25) is 0 Å². The molecule has 116 valence electrons. The molecule has 0 aliphatic heterocycles. The van der Waals surface area contributed by atoms with Crippen LogP contribution in [0.15, 0.2) is 23.1 Å². The van der Waals surface area contributed by atoms with E-state index in [2.05, 4.69) is 4.90 Å². The number of nitrogens with zero attached hydrogens (tertiary/aromatic N) is 2. The van der Waals surface area contributed by atoms with Gasteiger partial charge in [0.1, 0.15) is 0 Å². The average molecular weight is 309 g/mol. The van der Waals surface area contributed by atoms with E-state index in [0.717, 1.165) is 18.2 Å². The SMILES string of the molecule is CN(C)S(=O)(=O)c1ccc(N)c(N(CC2CC2)C2CC2)c1. The third kappa shape index (κ3) is 3.01. The molecule has 0 amide bonds. The van der Waals surface area contributed by atoms with Crippen LogP contribution in [0.3, 0.4) is 0 Å². The van der Waals surface area contributed by atoms with Crippen LogP contribution in [0, 0.1) is 5.92 Å². The maximum atomic E-state index is 12.3. The minimum absolute atomic E-state index is 0.318. The first kappa shape index (κ1) is 14.7. The first-order chi connectivity index (χ1) is 9.89. The van der Waals surface area contributed by atoms with Gasteiger partial charge in [0.05, 0.1) is 16.3 Å². The molecule has 1 aromatic carbocycles. The van der Waals surface area contributed by atoms with E-state index < -0.39 is 10.0 Å². The fourth-order valence-corrected chi connectivity index (χ4v) is 3.47. The fraction of sp³-hybridized carbons (Fsp3) is 0.600. The van der Waals surface area contributed by atoms with Crippen LogP contribution in [-0.2, 0) is 10.0 Å². The number of hydrogen-bond donors (Lipinski definition) is 1. The Morgan fingerprint density at radius 3 is 2.38 bits per heavy atom. The van der Waals surface area contributed by atoms with Gasteiger partial charge in [-0.05, 0) is 49.8 Å². The zero-order valence-corrected chi connectivity index (χ0v) is 13.4. The van der Waals surface area contributed by atoms with Crippen LogP contribution in [0.25, 0.3) is 0 Å². The normalized spacial score (nSPS) is 19.0. The molecule has 0 bridgehead atoms. The van der Waals surface area contributed by atoms with Crippen LogP contribution in [0.5, 0.6) is 0 Å². The molecule has 6 heteroatoms. The lowest BCUT2D eigenvalue weighted by atomic mass is 10.2. The third-order valence-corrected chi connectivity index (χ3v) is 6.04. The van der Waals surface area contributed by atoms with Crippen LogP contribution >= 0.6 is 0 Å². The highest BCUT2D eigenvalue weighted by Gasteiger charge is 2.35. The summed E-state index contributed by atoms with van der Waals surface area (Å²) in [5.41, 5.74) is 7.67. The van der Waals surface area contributed by atoms with Crippen LogP contribution in [0.2, 0.25) is 0 Å². The van der Waals surface area contributed by atoms with Gasteiger partial charge in [-0.2, -0.15) is 0 Å². The van der Waals surface area contributed by atoms with E-state index in [1.54, 1.807) is 32.3 Å². The van der Waals surface area contributed by atoms with E-state index in [4.69, 9.17) is 5.73 Å². The summed E-state index contributed by atoms with van der Waals surface area (Å²) < 4.78 is 25.9. The van der Waals surface area contributed by atoms with E-state index in [1.165, 1.54) is 30.0 Å². The summed E-state index contributed by atoms with van der Waals surface area (Å²) >= 11 is 0. The Morgan fingerprint density at radius 2 is 1.86 bits per heavy atom. The lowest BCUT2D eigenvalue weighted by Crippen LogP contribution is -2.29. The largest absolute Gasteiger partial charge is 0.397 e. The van der Waals surface area contributed by atoms with Crippen molar-refractivity contribution < 1.29 is 8.42 Å². The Bertz CT molecular complexity index is 634. The van der Waals surface area contributed by atoms with E-state index in [0.29, 0.717) is 16.6 Å². The van der Waals surface area contributed by atoms with Gasteiger partial charge >= 0.3 is 0 Å². The molecule has 21 heavy (non-hydrogen) atoms. The minimum atomic E-state index is -3.42. The summed E-state index contributed by atoms with van der Waals surface area (Å²) in [7, 11) is -0.317. The van der Waals surface area contributed by atoms with Crippen molar-refractivity contribution in [1.82, 2.24) is 4.31 Å². The Kier molecular flexibility index (Phi) is 3.61. The molecule has 2 fully saturated rings. The van der Waals surface area contributed by atoms with Crippen LogP contribution < -0.4 is 10.6 Å². The van der Waals surface area contributed by atoms with Crippen LogP contribution in [0.1, 0.15) is 25.7 Å². The molecule has 1 aromatic rings. The molecule has 5 nitrogen and oxygen atoms in total. The highest BCUT2D eigenvalue weighted by molar-refractivity contribution is 7.89. The monoisotopic (exact) mass is 309 g/mol. The molecule has 0 unspecified atom stereocenters. The van der Waals surface area contributed by atoms with Crippen molar-refractivity contribution in [3.05, 3.63) is 18.2 Å². The van der Waals surface area contributed by atoms with Crippen molar-refractivity contribution >= 4 is 21.4 Å². The number of nitrogens with two attached hydrogens (primary N) is 1. The molecule has 0 saturated heterocycles.